The third-order valence-corrected chi connectivity index (χ3v) is 3.69. The largest absolute Gasteiger partial charge is 0.342 e. The van der Waals surface area contributed by atoms with Crippen LogP contribution in [0.25, 0.3) is 0 Å². The number of carbonyl (C=O) groups excluding carboxylic acids is 1. The molecule has 0 aromatic carbocycles. The summed E-state index contributed by atoms with van der Waals surface area (Å²) in [5.41, 5.74) is 5.63. The Hall–Kier alpha value is -0.570. The minimum absolute atomic E-state index is 0.270. The molecule has 0 aromatic heterocycles. The average Bonchev–Trinajstić information content (AvgIpc) is 2.81. The van der Waals surface area contributed by atoms with Crippen LogP contribution in [-0.4, -0.2) is 30.4 Å². The summed E-state index contributed by atoms with van der Waals surface area (Å²) in [6.07, 6.45) is 6.27. The fourth-order valence-electron chi connectivity index (χ4n) is 2.84. The fourth-order valence-corrected chi connectivity index (χ4v) is 2.84. The Morgan fingerprint density at radius 2 is 1.69 bits per heavy atom. The van der Waals surface area contributed by atoms with Gasteiger partial charge in [0.1, 0.15) is 0 Å². The van der Waals surface area contributed by atoms with Crippen molar-refractivity contribution in [3.8, 4) is 0 Å². The van der Waals surface area contributed by atoms with Crippen molar-refractivity contribution in [2.75, 3.05) is 19.6 Å². The van der Waals surface area contributed by atoms with E-state index >= 15 is 0 Å². The Kier molecular flexibility index (Phi) is 5.26. The molecule has 1 amide bonds. The van der Waals surface area contributed by atoms with Gasteiger partial charge >= 0.3 is 0 Å². The summed E-state index contributed by atoms with van der Waals surface area (Å²) in [6.45, 7) is 6.65. The molecule has 0 spiro atoms. The molecule has 1 heterocycles. The third-order valence-electron chi connectivity index (χ3n) is 3.69. The molecule has 0 atom stereocenters. The van der Waals surface area contributed by atoms with Crippen LogP contribution in [0.5, 0.6) is 0 Å². The second kappa shape index (κ2) is 6.24. The van der Waals surface area contributed by atoms with Crippen molar-refractivity contribution < 1.29 is 4.79 Å². The molecule has 3 heteroatoms. The first-order chi connectivity index (χ1) is 7.70. The summed E-state index contributed by atoms with van der Waals surface area (Å²) in [6, 6.07) is 0. The van der Waals surface area contributed by atoms with Crippen LogP contribution in [0.4, 0.5) is 0 Å². The zero-order valence-corrected chi connectivity index (χ0v) is 10.8. The lowest BCUT2D eigenvalue weighted by Gasteiger charge is -2.34. The third kappa shape index (κ3) is 2.76. The summed E-state index contributed by atoms with van der Waals surface area (Å²) in [5.74, 6) is 0.316. The number of hydrogen-bond acceptors (Lipinski definition) is 2. The Morgan fingerprint density at radius 3 is 2.06 bits per heavy atom. The van der Waals surface area contributed by atoms with E-state index in [0.29, 0.717) is 12.5 Å². The number of carbonyl (C=O) groups is 1. The summed E-state index contributed by atoms with van der Waals surface area (Å²) < 4.78 is 0. The highest BCUT2D eigenvalue weighted by atomic mass is 16.2. The minimum atomic E-state index is -0.270. The van der Waals surface area contributed by atoms with Crippen LogP contribution in [0, 0.1) is 5.41 Å². The lowest BCUT2D eigenvalue weighted by molar-refractivity contribution is -0.141. The molecule has 0 bridgehead atoms. The topological polar surface area (TPSA) is 46.3 Å². The summed E-state index contributed by atoms with van der Waals surface area (Å²) in [4.78, 5) is 14.6. The number of rotatable bonds is 6. The van der Waals surface area contributed by atoms with Crippen LogP contribution in [0.3, 0.4) is 0 Å². The molecule has 1 rings (SSSR count). The van der Waals surface area contributed by atoms with Gasteiger partial charge in [0.15, 0.2) is 0 Å². The Bertz CT molecular complexity index is 216. The van der Waals surface area contributed by atoms with Gasteiger partial charge in [-0.25, -0.2) is 0 Å². The Morgan fingerprint density at radius 1 is 1.19 bits per heavy atom. The molecular weight excluding hydrogens is 200 g/mol. The number of hydrogen-bond donors (Lipinski definition) is 1. The molecule has 0 saturated carbocycles. The quantitative estimate of drug-likeness (QED) is 0.754. The second-order valence-corrected chi connectivity index (χ2v) is 4.98. The normalized spacial score (nSPS) is 16.8. The highest BCUT2D eigenvalue weighted by Gasteiger charge is 2.38. The van der Waals surface area contributed by atoms with E-state index in [2.05, 4.69) is 13.8 Å². The van der Waals surface area contributed by atoms with E-state index in [4.69, 9.17) is 5.73 Å². The van der Waals surface area contributed by atoms with Crippen LogP contribution in [0.15, 0.2) is 0 Å². The van der Waals surface area contributed by atoms with Gasteiger partial charge in [0, 0.05) is 19.6 Å². The van der Waals surface area contributed by atoms with Crippen LogP contribution in [0.1, 0.15) is 52.4 Å². The van der Waals surface area contributed by atoms with Gasteiger partial charge in [0.25, 0.3) is 0 Å². The number of amides is 1. The van der Waals surface area contributed by atoms with E-state index in [-0.39, 0.29) is 5.41 Å². The van der Waals surface area contributed by atoms with E-state index < -0.39 is 0 Å². The van der Waals surface area contributed by atoms with Crippen LogP contribution in [-0.2, 0) is 4.79 Å². The molecule has 0 radical (unpaired) electrons. The van der Waals surface area contributed by atoms with Crippen molar-refractivity contribution >= 4 is 5.91 Å². The predicted molar refractivity (Wildman–Crippen MR) is 67.1 cm³/mol. The van der Waals surface area contributed by atoms with Crippen LogP contribution >= 0.6 is 0 Å². The molecule has 1 fully saturated rings. The summed E-state index contributed by atoms with van der Waals surface area (Å²) in [5, 5.41) is 0. The van der Waals surface area contributed by atoms with Gasteiger partial charge in [-0.2, -0.15) is 0 Å². The monoisotopic (exact) mass is 226 g/mol. The van der Waals surface area contributed by atoms with Crippen molar-refractivity contribution in [2.45, 2.75) is 52.4 Å². The Balaban J connectivity index is 2.75. The Labute approximate surface area is 99.4 Å². The first-order valence-electron chi connectivity index (χ1n) is 6.69. The molecular formula is C13H26N2O. The van der Waals surface area contributed by atoms with Crippen molar-refractivity contribution in [2.24, 2.45) is 11.1 Å². The average molecular weight is 226 g/mol. The van der Waals surface area contributed by atoms with Crippen molar-refractivity contribution in [3.63, 3.8) is 0 Å². The van der Waals surface area contributed by atoms with Gasteiger partial charge in [-0.3, -0.25) is 4.79 Å². The van der Waals surface area contributed by atoms with Gasteiger partial charge in [-0.15, -0.1) is 0 Å². The first-order valence-corrected chi connectivity index (χ1v) is 6.69. The zero-order chi connectivity index (χ0) is 12.0. The van der Waals surface area contributed by atoms with Gasteiger partial charge in [0.2, 0.25) is 5.91 Å². The second-order valence-electron chi connectivity index (χ2n) is 4.98. The van der Waals surface area contributed by atoms with E-state index in [9.17, 15) is 4.79 Å². The SMILES string of the molecule is CCCC(CN)(CCC)C(=O)N1CCCC1. The molecule has 16 heavy (non-hydrogen) atoms. The lowest BCUT2D eigenvalue weighted by Crippen LogP contribution is -2.47. The molecule has 3 nitrogen and oxygen atoms in total. The molecule has 1 aliphatic rings. The molecule has 1 aliphatic heterocycles. The van der Waals surface area contributed by atoms with E-state index in [1.165, 1.54) is 0 Å². The van der Waals surface area contributed by atoms with Crippen molar-refractivity contribution in [1.29, 1.82) is 0 Å². The van der Waals surface area contributed by atoms with Gasteiger partial charge in [-0.05, 0) is 25.7 Å². The van der Waals surface area contributed by atoms with Gasteiger partial charge < -0.3 is 10.6 Å². The van der Waals surface area contributed by atoms with Crippen molar-refractivity contribution in [3.05, 3.63) is 0 Å². The van der Waals surface area contributed by atoms with Gasteiger partial charge in [-0.1, -0.05) is 26.7 Å². The number of nitrogens with two attached hydrogens (primary N) is 1. The highest BCUT2D eigenvalue weighted by Crippen LogP contribution is 2.32. The van der Waals surface area contributed by atoms with E-state index in [1.54, 1.807) is 0 Å². The fraction of sp³-hybridized carbons (Fsp3) is 0.923. The molecule has 2 N–H and O–H groups in total. The molecule has 0 unspecified atom stereocenters. The summed E-state index contributed by atoms with van der Waals surface area (Å²) in [7, 11) is 0. The zero-order valence-electron chi connectivity index (χ0n) is 10.8. The van der Waals surface area contributed by atoms with E-state index in [0.717, 1.165) is 51.6 Å². The maximum Gasteiger partial charge on any atom is 0.230 e. The first kappa shape index (κ1) is 13.5. The predicted octanol–water partition coefficient (Wildman–Crippen LogP) is 2.15. The molecule has 0 aromatic rings. The standard InChI is InChI=1S/C13H26N2O/c1-3-7-13(11-14,8-4-2)12(16)15-9-5-6-10-15/h3-11,14H2,1-2H3. The minimum Gasteiger partial charge on any atom is -0.342 e. The molecule has 0 aliphatic carbocycles. The van der Waals surface area contributed by atoms with Crippen LogP contribution < -0.4 is 5.73 Å². The van der Waals surface area contributed by atoms with Crippen LogP contribution in [0.2, 0.25) is 0 Å². The van der Waals surface area contributed by atoms with Crippen molar-refractivity contribution in [1.82, 2.24) is 4.90 Å². The maximum atomic E-state index is 12.5. The number of nitrogens with zero attached hydrogens (tertiary/aromatic N) is 1. The highest BCUT2D eigenvalue weighted by molar-refractivity contribution is 5.83. The van der Waals surface area contributed by atoms with Gasteiger partial charge in [0.05, 0.1) is 5.41 Å². The smallest absolute Gasteiger partial charge is 0.230 e. The molecule has 1 saturated heterocycles. The maximum absolute atomic E-state index is 12.5. The summed E-state index contributed by atoms with van der Waals surface area (Å²) >= 11 is 0. The number of likely N-dealkylation sites (tertiary alicyclic amines) is 1. The molecule has 94 valence electrons. The van der Waals surface area contributed by atoms with E-state index in [1.807, 2.05) is 4.90 Å². The lowest BCUT2D eigenvalue weighted by atomic mass is 9.78.